The molecule has 1 N–H and O–H groups in total. The minimum atomic E-state index is 0.462. The second-order valence-corrected chi connectivity index (χ2v) is 3.15. The maximum absolute atomic E-state index is 5.23. The van der Waals surface area contributed by atoms with Crippen molar-refractivity contribution in [3.05, 3.63) is 12.1 Å². The molecule has 1 aromatic carbocycles. The fourth-order valence-corrected chi connectivity index (χ4v) is 1.49. The average molecular weight is 236 g/mol. The van der Waals surface area contributed by atoms with Crippen LogP contribution in [0.5, 0.6) is 17.2 Å². The summed E-state index contributed by atoms with van der Waals surface area (Å²) in [5.74, 6) is 2.09. The van der Waals surface area contributed by atoms with Gasteiger partial charge in [-0.15, -0.1) is 10.2 Å². The number of H-pyrrole nitrogens is 1. The van der Waals surface area contributed by atoms with Gasteiger partial charge in [0.1, 0.15) is 0 Å². The first-order chi connectivity index (χ1) is 8.30. The van der Waals surface area contributed by atoms with E-state index in [-0.39, 0.29) is 0 Å². The first-order valence-electron chi connectivity index (χ1n) is 4.84. The van der Waals surface area contributed by atoms with E-state index in [1.165, 1.54) is 0 Å². The maximum Gasteiger partial charge on any atom is 0.204 e. The van der Waals surface area contributed by atoms with Gasteiger partial charge in [-0.3, -0.25) is 0 Å². The summed E-state index contributed by atoms with van der Waals surface area (Å²) in [7, 11) is 4.66. The Morgan fingerprint density at radius 3 is 2.06 bits per heavy atom. The number of hydrogen-bond donors (Lipinski definition) is 1. The Hall–Kier alpha value is -2.31. The molecule has 0 aliphatic rings. The third-order valence-corrected chi connectivity index (χ3v) is 2.27. The Morgan fingerprint density at radius 2 is 1.65 bits per heavy atom. The van der Waals surface area contributed by atoms with E-state index in [2.05, 4.69) is 20.6 Å². The van der Waals surface area contributed by atoms with Gasteiger partial charge in [-0.05, 0) is 17.3 Å². The van der Waals surface area contributed by atoms with Crippen LogP contribution in [-0.4, -0.2) is 42.0 Å². The van der Waals surface area contributed by atoms with Crippen molar-refractivity contribution >= 4 is 0 Å². The van der Waals surface area contributed by atoms with Crippen molar-refractivity contribution in [2.24, 2.45) is 0 Å². The van der Waals surface area contributed by atoms with Gasteiger partial charge >= 0.3 is 0 Å². The molecule has 7 heteroatoms. The molecule has 0 amide bonds. The lowest BCUT2D eigenvalue weighted by Gasteiger charge is -2.12. The van der Waals surface area contributed by atoms with E-state index in [0.717, 1.165) is 5.56 Å². The third kappa shape index (κ3) is 1.99. The fraction of sp³-hybridized carbons (Fsp3) is 0.300. The molecule has 0 bridgehead atoms. The molecule has 17 heavy (non-hydrogen) atoms. The van der Waals surface area contributed by atoms with Crippen LogP contribution in [0.2, 0.25) is 0 Å². The minimum absolute atomic E-state index is 0.462. The zero-order chi connectivity index (χ0) is 12.3. The number of tetrazole rings is 1. The minimum Gasteiger partial charge on any atom is -0.493 e. The molecule has 1 heterocycles. The molecule has 0 aliphatic heterocycles. The summed E-state index contributed by atoms with van der Waals surface area (Å²) < 4.78 is 15.7. The summed E-state index contributed by atoms with van der Waals surface area (Å²) in [6.45, 7) is 0. The SMILES string of the molecule is COc1cc(-c2nn[nH]n2)cc(OC)c1OC. The summed E-state index contributed by atoms with van der Waals surface area (Å²) >= 11 is 0. The van der Waals surface area contributed by atoms with E-state index in [1.54, 1.807) is 33.5 Å². The quantitative estimate of drug-likeness (QED) is 0.849. The highest BCUT2D eigenvalue weighted by Gasteiger charge is 2.15. The van der Waals surface area contributed by atoms with Gasteiger partial charge in [0, 0.05) is 5.56 Å². The van der Waals surface area contributed by atoms with Crippen molar-refractivity contribution in [1.29, 1.82) is 0 Å². The van der Waals surface area contributed by atoms with Crippen LogP contribution in [-0.2, 0) is 0 Å². The molecule has 7 nitrogen and oxygen atoms in total. The second kappa shape index (κ2) is 4.69. The standard InChI is InChI=1S/C10H12N4O3/c1-15-7-4-6(10-11-13-14-12-10)5-8(16-2)9(7)17-3/h4-5H,1-3H3,(H,11,12,13,14). The van der Waals surface area contributed by atoms with Crippen LogP contribution < -0.4 is 14.2 Å². The molecule has 0 radical (unpaired) electrons. The van der Waals surface area contributed by atoms with Gasteiger partial charge in [-0.25, -0.2) is 0 Å². The van der Waals surface area contributed by atoms with Crippen molar-refractivity contribution in [2.45, 2.75) is 0 Å². The highest BCUT2D eigenvalue weighted by molar-refractivity contribution is 5.66. The van der Waals surface area contributed by atoms with Gasteiger partial charge in [0.05, 0.1) is 21.3 Å². The number of ether oxygens (including phenoxy) is 3. The topological polar surface area (TPSA) is 82.2 Å². The molecule has 0 saturated heterocycles. The molecule has 0 saturated carbocycles. The Labute approximate surface area is 97.7 Å². The molecular weight excluding hydrogens is 224 g/mol. The number of rotatable bonds is 4. The number of nitrogens with zero attached hydrogens (tertiary/aromatic N) is 3. The predicted octanol–water partition coefficient (Wildman–Crippen LogP) is 0.892. The fourth-order valence-electron chi connectivity index (χ4n) is 1.49. The Morgan fingerprint density at radius 1 is 1.00 bits per heavy atom. The largest absolute Gasteiger partial charge is 0.493 e. The number of aromatic amines is 1. The van der Waals surface area contributed by atoms with Gasteiger partial charge in [-0.2, -0.15) is 5.21 Å². The lowest BCUT2D eigenvalue weighted by Crippen LogP contribution is -1.96. The number of aromatic nitrogens is 4. The molecule has 0 unspecified atom stereocenters. The lowest BCUT2D eigenvalue weighted by atomic mass is 10.1. The Balaban J connectivity index is 2.56. The highest BCUT2D eigenvalue weighted by atomic mass is 16.5. The molecule has 0 atom stereocenters. The number of methoxy groups -OCH3 is 3. The summed E-state index contributed by atoms with van der Waals surface area (Å²) in [6, 6.07) is 3.51. The number of hydrogen-bond acceptors (Lipinski definition) is 6. The molecule has 1 aromatic heterocycles. The highest BCUT2D eigenvalue weighted by Crippen LogP contribution is 2.40. The van der Waals surface area contributed by atoms with Crippen molar-refractivity contribution < 1.29 is 14.2 Å². The van der Waals surface area contributed by atoms with Crippen LogP contribution in [0.1, 0.15) is 0 Å². The van der Waals surface area contributed by atoms with E-state index in [1.807, 2.05) is 0 Å². The first-order valence-corrected chi connectivity index (χ1v) is 4.84. The Bertz CT molecular complexity index is 473. The zero-order valence-corrected chi connectivity index (χ0v) is 9.72. The monoisotopic (exact) mass is 236 g/mol. The lowest BCUT2D eigenvalue weighted by molar-refractivity contribution is 0.324. The van der Waals surface area contributed by atoms with Crippen LogP contribution in [0, 0.1) is 0 Å². The van der Waals surface area contributed by atoms with Gasteiger partial charge < -0.3 is 14.2 Å². The van der Waals surface area contributed by atoms with Crippen LogP contribution in [0.3, 0.4) is 0 Å². The average Bonchev–Trinajstić information content (AvgIpc) is 2.90. The summed E-state index contributed by atoms with van der Waals surface area (Å²) in [6.07, 6.45) is 0. The number of benzene rings is 1. The van der Waals surface area contributed by atoms with Crippen LogP contribution >= 0.6 is 0 Å². The van der Waals surface area contributed by atoms with Gasteiger partial charge in [0.15, 0.2) is 11.5 Å². The third-order valence-electron chi connectivity index (χ3n) is 2.27. The normalized spacial score (nSPS) is 10.1. The van der Waals surface area contributed by atoms with E-state index < -0.39 is 0 Å². The number of nitrogens with one attached hydrogen (secondary N) is 1. The second-order valence-electron chi connectivity index (χ2n) is 3.15. The summed E-state index contributed by atoms with van der Waals surface area (Å²) in [5.41, 5.74) is 0.730. The molecule has 0 spiro atoms. The van der Waals surface area contributed by atoms with Gasteiger partial charge in [0.2, 0.25) is 11.6 Å². The van der Waals surface area contributed by atoms with Crippen molar-refractivity contribution in [1.82, 2.24) is 20.6 Å². The zero-order valence-electron chi connectivity index (χ0n) is 9.72. The van der Waals surface area contributed by atoms with E-state index in [9.17, 15) is 0 Å². The van der Waals surface area contributed by atoms with Crippen molar-refractivity contribution in [3.63, 3.8) is 0 Å². The van der Waals surface area contributed by atoms with Crippen molar-refractivity contribution in [3.8, 4) is 28.6 Å². The first kappa shape index (κ1) is 11.2. The van der Waals surface area contributed by atoms with Crippen LogP contribution in [0.15, 0.2) is 12.1 Å². The smallest absolute Gasteiger partial charge is 0.204 e. The predicted molar refractivity (Wildman–Crippen MR) is 59.3 cm³/mol. The van der Waals surface area contributed by atoms with E-state index in [0.29, 0.717) is 23.1 Å². The van der Waals surface area contributed by atoms with Gasteiger partial charge in [0.25, 0.3) is 0 Å². The van der Waals surface area contributed by atoms with Crippen LogP contribution in [0.4, 0.5) is 0 Å². The molecule has 2 aromatic rings. The maximum atomic E-state index is 5.23. The summed E-state index contributed by atoms with van der Waals surface area (Å²) in [4.78, 5) is 0. The molecule has 2 rings (SSSR count). The Kier molecular flexibility index (Phi) is 3.08. The summed E-state index contributed by atoms with van der Waals surface area (Å²) in [5, 5.41) is 13.7. The molecule has 90 valence electrons. The van der Waals surface area contributed by atoms with Gasteiger partial charge in [-0.1, -0.05) is 0 Å². The van der Waals surface area contributed by atoms with Crippen LogP contribution in [0.25, 0.3) is 11.4 Å². The molecule has 0 aliphatic carbocycles. The molecule has 0 fully saturated rings. The van der Waals surface area contributed by atoms with E-state index >= 15 is 0 Å². The van der Waals surface area contributed by atoms with Crippen molar-refractivity contribution in [2.75, 3.05) is 21.3 Å². The van der Waals surface area contributed by atoms with E-state index in [4.69, 9.17) is 14.2 Å². The molecular formula is C10H12N4O3.